The molecule has 2 heterocycles. The molecular weight excluding hydrogens is 345 g/mol. The molecule has 0 spiro atoms. The number of nitrogens with two attached hydrogens (primary N) is 1. The van der Waals surface area contributed by atoms with E-state index in [1.165, 1.54) is 12.1 Å². The average molecular weight is 365 g/mol. The number of nitrogens with zero attached hydrogens (tertiary/aromatic N) is 4. The van der Waals surface area contributed by atoms with Gasteiger partial charge in [-0.25, -0.2) is 19.3 Å². The summed E-state index contributed by atoms with van der Waals surface area (Å²) in [6, 6.07) is 8.28. The molecule has 0 saturated heterocycles. The first kappa shape index (κ1) is 17.3. The number of nitrogen functional groups attached to an aromatic ring is 1. The van der Waals surface area contributed by atoms with Crippen LogP contribution in [-0.2, 0) is 4.79 Å². The van der Waals surface area contributed by atoms with Crippen LogP contribution in [0.5, 0.6) is 0 Å². The summed E-state index contributed by atoms with van der Waals surface area (Å²) in [6.45, 7) is 0. The van der Waals surface area contributed by atoms with Crippen molar-refractivity contribution in [1.82, 2.24) is 19.5 Å². The first-order valence-corrected chi connectivity index (χ1v) is 9.02. The van der Waals surface area contributed by atoms with Gasteiger partial charge in [0.25, 0.3) is 0 Å². The molecule has 7 heteroatoms. The van der Waals surface area contributed by atoms with Gasteiger partial charge in [0.05, 0.1) is 23.4 Å². The lowest BCUT2D eigenvalue weighted by molar-refractivity contribution is -0.112. The zero-order valence-corrected chi connectivity index (χ0v) is 14.8. The van der Waals surface area contributed by atoms with E-state index >= 15 is 0 Å². The Hall–Kier alpha value is -3.09. The van der Waals surface area contributed by atoms with E-state index in [2.05, 4.69) is 19.5 Å². The molecule has 0 radical (unpaired) electrons. The fraction of sp³-hybridized carbons (Fsp3) is 0.300. The molecule has 1 aliphatic rings. The average Bonchev–Trinajstić information content (AvgIpc) is 3.14. The van der Waals surface area contributed by atoms with E-state index in [4.69, 9.17) is 5.73 Å². The van der Waals surface area contributed by atoms with Crippen molar-refractivity contribution in [2.45, 2.75) is 31.7 Å². The SMILES string of the molecule is Nc1nccc(-c2c(-c3ccc(F)cc3)ncn2C2CCC(C=O)CC2)n1. The number of halogens is 1. The molecule has 0 atom stereocenters. The number of carbonyl (C=O) groups excluding carboxylic acids is 1. The summed E-state index contributed by atoms with van der Waals surface area (Å²) >= 11 is 0. The minimum absolute atomic E-state index is 0.138. The van der Waals surface area contributed by atoms with E-state index in [9.17, 15) is 9.18 Å². The second-order valence-corrected chi connectivity index (χ2v) is 6.86. The summed E-state index contributed by atoms with van der Waals surface area (Å²) in [7, 11) is 0. The van der Waals surface area contributed by atoms with E-state index in [1.54, 1.807) is 30.7 Å². The molecule has 0 bridgehead atoms. The molecule has 1 saturated carbocycles. The first-order valence-electron chi connectivity index (χ1n) is 9.02. The third-order valence-electron chi connectivity index (χ3n) is 5.16. The normalized spacial score (nSPS) is 19.7. The van der Waals surface area contributed by atoms with Gasteiger partial charge in [0.2, 0.25) is 5.95 Å². The largest absolute Gasteiger partial charge is 0.368 e. The molecule has 4 rings (SSSR count). The number of imidazole rings is 1. The van der Waals surface area contributed by atoms with Crippen LogP contribution in [0, 0.1) is 11.7 Å². The minimum Gasteiger partial charge on any atom is -0.368 e. The zero-order valence-electron chi connectivity index (χ0n) is 14.8. The Labute approximate surface area is 156 Å². The van der Waals surface area contributed by atoms with Crippen molar-refractivity contribution in [1.29, 1.82) is 0 Å². The zero-order chi connectivity index (χ0) is 18.8. The predicted molar refractivity (Wildman–Crippen MR) is 100 cm³/mol. The maximum Gasteiger partial charge on any atom is 0.220 e. The van der Waals surface area contributed by atoms with Crippen molar-refractivity contribution >= 4 is 12.2 Å². The fourth-order valence-corrected chi connectivity index (χ4v) is 3.73. The lowest BCUT2D eigenvalue weighted by Crippen LogP contribution is -2.19. The first-order chi connectivity index (χ1) is 13.2. The van der Waals surface area contributed by atoms with Gasteiger partial charge in [-0.2, -0.15) is 0 Å². The Morgan fingerprint density at radius 1 is 1.07 bits per heavy atom. The molecule has 1 fully saturated rings. The Bertz CT molecular complexity index is 945. The number of rotatable bonds is 4. The van der Waals surface area contributed by atoms with Crippen LogP contribution in [0.2, 0.25) is 0 Å². The molecule has 2 N–H and O–H groups in total. The highest BCUT2D eigenvalue weighted by Crippen LogP contribution is 2.38. The summed E-state index contributed by atoms with van der Waals surface area (Å²) < 4.78 is 15.5. The number of hydrogen-bond donors (Lipinski definition) is 1. The van der Waals surface area contributed by atoms with Crippen molar-refractivity contribution in [3.63, 3.8) is 0 Å². The van der Waals surface area contributed by atoms with E-state index in [1.807, 2.05) is 0 Å². The van der Waals surface area contributed by atoms with Crippen LogP contribution in [-0.4, -0.2) is 25.8 Å². The quantitative estimate of drug-likeness (QED) is 0.713. The summed E-state index contributed by atoms with van der Waals surface area (Å²) in [5.41, 5.74) is 8.85. The maximum atomic E-state index is 13.4. The molecule has 0 aliphatic heterocycles. The Morgan fingerprint density at radius 3 is 2.48 bits per heavy atom. The molecule has 27 heavy (non-hydrogen) atoms. The molecule has 6 nitrogen and oxygen atoms in total. The number of anilines is 1. The summed E-state index contributed by atoms with van der Waals surface area (Å²) in [6.07, 6.45) is 8.00. The lowest BCUT2D eigenvalue weighted by atomic mass is 9.86. The fourth-order valence-electron chi connectivity index (χ4n) is 3.73. The molecule has 3 aromatic rings. The number of benzene rings is 1. The van der Waals surface area contributed by atoms with E-state index in [0.717, 1.165) is 48.9 Å². The molecular formula is C20H20FN5O. The second kappa shape index (κ2) is 7.26. The van der Waals surface area contributed by atoms with Crippen LogP contribution in [0.15, 0.2) is 42.9 Å². The third-order valence-corrected chi connectivity index (χ3v) is 5.16. The highest BCUT2D eigenvalue weighted by molar-refractivity contribution is 5.77. The molecule has 0 unspecified atom stereocenters. The van der Waals surface area contributed by atoms with Gasteiger partial charge in [0, 0.05) is 23.7 Å². The number of aromatic nitrogens is 4. The van der Waals surface area contributed by atoms with Crippen LogP contribution in [0.1, 0.15) is 31.7 Å². The van der Waals surface area contributed by atoms with Gasteiger partial charge >= 0.3 is 0 Å². The van der Waals surface area contributed by atoms with Gasteiger partial charge in [0.15, 0.2) is 0 Å². The Morgan fingerprint density at radius 2 is 1.81 bits per heavy atom. The third kappa shape index (κ3) is 3.45. The Kier molecular flexibility index (Phi) is 4.66. The lowest BCUT2D eigenvalue weighted by Gasteiger charge is -2.28. The van der Waals surface area contributed by atoms with E-state index < -0.39 is 0 Å². The standard InChI is InChI=1S/C20H20FN5O/c21-15-5-3-14(4-6-15)18-19(17-9-10-23-20(22)25-17)26(12-24-18)16-7-1-13(11-27)2-8-16/h3-6,9-13,16H,1-2,7-8H2,(H2,22,23,25). The van der Waals surface area contributed by atoms with Crippen LogP contribution >= 0.6 is 0 Å². The minimum atomic E-state index is -0.293. The smallest absolute Gasteiger partial charge is 0.220 e. The van der Waals surface area contributed by atoms with Crippen molar-refractivity contribution < 1.29 is 9.18 Å². The Balaban J connectivity index is 1.80. The van der Waals surface area contributed by atoms with Gasteiger partial charge in [-0.1, -0.05) is 0 Å². The summed E-state index contributed by atoms with van der Waals surface area (Å²) in [5, 5.41) is 0. The molecule has 0 amide bonds. The van der Waals surface area contributed by atoms with Gasteiger partial charge in [-0.15, -0.1) is 0 Å². The molecule has 1 aliphatic carbocycles. The topological polar surface area (TPSA) is 86.7 Å². The van der Waals surface area contributed by atoms with E-state index in [-0.39, 0.29) is 23.7 Å². The molecule has 2 aromatic heterocycles. The van der Waals surface area contributed by atoms with Gasteiger partial charge in [-0.3, -0.25) is 0 Å². The van der Waals surface area contributed by atoms with Crippen LogP contribution < -0.4 is 5.73 Å². The summed E-state index contributed by atoms with van der Waals surface area (Å²) in [4.78, 5) is 24.0. The van der Waals surface area contributed by atoms with Crippen molar-refractivity contribution in [3.8, 4) is 22.6 Å². The number of hydrogen-bond acceptors (Lipinski definition) is 5. The maximum absolute atomic E-state index is 13.4. The van der Waals surface area contributed by atoms with Gasteiger partial charge < -0.3 is 15.1 Å². The van der Waals surface area contributed by atoms with Gasteiger partial charge in [-0.05, 0) is 56.0 Å². The van der Waals surface area contributed by atoms with Crippen LogP contribution in [0.3, 0.4) is 0 Å². The second-order valence-electron chi connectivity index (χ2n) is 6.86. The van der Waals surface area contributed by atoms with E-state index in [0.29, 0.717) is 5.69 Å². The summed E-state index contributed by atoms with van der Waals surface area (Å²) in [5.74, 6) is 0.0349. The van der Waals surface area contributed by atoms with Crippen molar-refractivity contribution in [2.24, 2.45) is 5.92 Å². The van der Waals surface area contributed by atoms with Crippen LogP contribution in [0.4, 0.5) is 10.3 Å². The monoisotopic (exact) mass is 365 g/mol. The predicted octanol–water partition coefficient (Wildman–Crippen LogP) is 3.66. The highest BCUT2D eigenvalue weighted by atomic mass is 19.1. The number of carbonyl (C=O) groups is 1. The van der Waals surface area contributed by atoms with Crippen molar-refractivity contribution in [2.75, 3.05) is 5.73 Å². The molecule has 1 aromatic carbocycles. The number of aldehydes is 1. The van der Waals surface area contributed by atoms with Gasteiger partial charge in [0.1, 0.15) is 12.1 Å². The van der Waals surface area contributed by atoms with Crippen molar-refractivity contribution in [3.05, 3.63) is 48.7 Å². The van der Waals surface area contributed by atoms with Crippen LogP contribution in [0.25, 0.3) is 22.6 Å². The molecule has 138 valence electrons. The highest BCUT2D eigenvalue weighted by Gasteiger charge is 2.26.